The summed E-state index contributed by atoms with van der Waals surface area (Å²) in [6.07, 6.45) is 0. The van der Waals surface area contributed by atoms with Crippen LogP contribution < -0.4 is 4.90 Å². The lowest BCUT2D eigenvalue weighted by atomic mass is 9.70. The monoisotopic (exact) mass is 912 g/mol. The van der Waals surface area contributed by atoms with Crippen LogP contribution in [0.5, 0.6) is 0 Å². The van der Waals surface area contributed by atoms with Crippen LogP contribution in [0.1, 0.15) is 144 Å². The van der Waals surface area contributed by atoms with E-state index < -0.39 is 389 Å². The van der Waals surface area contributed by atoms with Crippen LogP contribution >= 0.6 is 0 Å². The Morgan fingerprint density at radius 1 is 0.324 bits per heavy atom. The van der Waals surface area contributed by atoms with Crippen molar-refractivity contribution in [2.24, 2.45) is 0 Å². The first-order valence-electron chi connectivity index (χ1n) is 43.5. The molecule has 0 fully saturated rings. The topological polar surface area (TPSA) is 3.24 Å². The SMILES string of the molecule is [2H]c1cc2c(c([2H])c1[2H])C1(c3c([2H])c([2H])c([2H])c([2H])c3-2)c2c([2H])c([2H])c([2H])c([2H])c2-c2c(N(c3c([2H])c([2H])c([2H])c4c3-c3c([2H])c([2H])c([2H])c([2H])c3C43c4c([2H])c(C([2H])([2H])[2H])c([2H])c([2H])c4-c4c([2H])c([2H])c(C([2H])([2H])[2H])c([2H])c43)c3c([2H])c([2H])c([2H])c4c3-c3c([2H])c([2H])c([2H])c([2H])c3C4(C([2H])([2H])[2H])C([2H])([2H])[2H])c([2H])c([2H])c([2H])c21. The van der Waals surface area contributed by atoms with Gasteiger partial charge in [-0.15, -0.1) is 0 Å². The van der Waals surface area contributed by atoms with Gasteiger partial charge in [-0.1, -0.05) is 218 Å². The van der Waals surface area contributed by atoms with Crippen LogP contribution in [0, 0.1) is 13.7 Å². The summed E-state index contributed by atoms with van der Waals surface area (Å²) in [4.78, 5) is 0.180. The first kappa shape index (κ1) is 14.5. The van der Waals surface area contributed by atoms with Crippen LogP contribution in [0.15, 0.2) is 212 Å². The van der Waals surface area contributed by atoms with Crippen LogP contribution in [-0.4, -0.2) is 0 Å². The molecule has 0 aliphatic heterocycles. The summed E-state index contributed by atoms with van der Waals surface area (Å²) in [7, 11) is 0. The van der Waals surface area contributed by atoms with E-state index in [2.05, 4.69) is 0 Å². The third-order valence-electron chi connectivity index (χ3n) is 13.4. The quantitative estimate of drug-likeness (QED) is 0.171. The standard InChI is InChI=1S/C67H47N/c1-40-34-36-44-45-37-35-41(2)39-58(45)67(57(44)38-40)53-27-14-9-22-48(53)64-56(67)30-17-33-61(64)68(59-31-15-28-54-62(59)46-20-7-10-23-49(46)65(54,3)4)60-32-16-29-55-63(60)47-21-8-13-26-52(47)66(55)50-24-11-5-18-42(50)43-19-6-12-25-51(43)66/h5-39H,1-4H3/i1D3,2D3,3D3,4D3,5D,6D,7D,8D,9D,10D,11D,12D,13D,14D,15D,16D,17D,18D,20D,21D,22D,23D,24D,25D,26D,27D,28D,29D,30D,31D,32D,33D,34D,35D,36D,37D,38D,39D. The predicted molar refractivity (Wildman–Crippen MR) is 281 cm³/mol. The lowest BCUT2D eigenvalue weighted by molar-refractivity contribution is 0.660. The van der Waals surface area contributed by atoms with Gasteiger partial charge in [0.25, 0.3) is 0 Å². The van der Waals surface area contributed by atoms with E-state index in [1.165, 1.54) is 0 Å². The maximum atomic E-state index is 10.7. The molecule has 10 aromatic rings. The summed E-state index contributed by atoms with van der Waals surface area (Å²) in [5.74, 6) is 0. The van der Waals surface area contributed by atoms with Gasteiger partial charge in [-0.3, -0.25) is 0 Å². The Bertz CT molecular complexity index is 6250. The zero-order valence-electron chi connectivity index (χ0n) is 80.0. The molecule has 0 saturated carbocycles. The van der Waals surface area contributed by atoms with Crippen molar-refractivity contribution in [1.29, 1.82) is 0 Å². The molecule has 320 valence electrons. The maximum absolute atomic E-state index is 10.7. The highest BCUT2D eigenvalue weighted by Gasteiger charge is 2.55. The molecule has 0 radical (unpaired) electrons. The van der Waals surface area contributed by atoms with Gasteiger partial charge in [0.2, 0.25) is 0 Å². The highest BCUT2D eigenvalue weighted by molar-refractivity contribution is 6.07. The van der Waals surface area contributed by atoms with E-state index in [4.69, 9.17) is 12.3 Å². The van der Waals surface area contributed by atoms with E-state index in [0.717, 1.165) is 6.07 Å². The second kappa shape index (κ2) is 13.1. The van der Waals surface area contributed by atoms with E-state index in [9.17, 15) is 50.7 Å². The molecule has 5 aliphatic carbocycles. The van der Waals surface area contributed by atoms with Crippen molar-refractivity contribution in [3.63, 3.8) is 0 Å². The molecule has 10 aromatic carbocycles. The first-order chi connectivity index (χ1) is 52.4. The molecular weight excluding hydrogens is 819 g/mol. The lowest BCUT2D eigenvalue weighted by Crippen LogP contribution is -2.26. The van der Waals surface area contributed by atoms with Gasteiger partial charge >= 0.3 is 0 Å². The summed E-state index contributed by atoms with van der Waals surface area (Å²) in [5, 5.41) is 0. The van der Waals surface area contributed by atoms with Gasteiger partial charge in [0.15, 0.2) is 0 Å². The molecule has 0 N–H and O–H groups in total. The fourth-order valence-corrected chi connectivity index (χ4v) is 11.0. The largest absolute Gasteiger partial charge is 0.309 e. The molecule has 1 heteroatoms. The molecule has 1 atom stereocenters. The fraction of sp³-hybridized carbons (Fsp3) is 0.104. The van der Waals surface area contributed by atoms with Crippen LogP contribution in [-0.2, 0) is 16.2 Å². The van der Waals surface area contributed by atoms with Crippen molar-refractivity contribution in [2.45, 2.75) is 43.7 Å². The van der Waals surface area contributed by atoms with E-state index in [1.807, 2.05) is 0 Å². The predicted octanol–water partition coefficient (Wildman–Crippen LogP) is 16.8. The number of hydrogen-bond acceptors (Lipinski definition) is 1. The molecule has 15 rings (SSSR count). The van der Waals surface area contributed by atoms with Crippen molar-refractivity contribution >= 4 is 17.1 Å². The second-order valence-corrected chi connectivity index (χ2v) is 16.3. The Morgan fingerprint density at radius 2 is 0.706 bits per heavy atom. The number of rotatable bonds is 3. The summed E-state index contributed by atoms with van der Waals surface area (Å²) in [6.45, 7) is -16.1. The molecule has 2 spiro atoms. The average molecular weight is 912 g/mol. The summed E-state index contributed by atoms with van der Waals surface area (Å²) < 4.78 is 444. The van der Waals surface area contributed by atoms with Gasteiger partial charge in [-0.25, -0.2) is 0 Å². The molecule has 0 aromatic heterocycles. The van der Waals surface area contributed by atoms with Gasteiger partial charge in [0.05, 0.1) is 74.5 Å². The zero-order chi connectivity index (χ0) is 84.8. The van der Waals surface area contributed by atoms with Crippen molar-refractivity contribution < 1.29 is 63.1 Å². The Kier molecular flexibility index (Phi) is 2.80. The highest BCUT2D eigenvalue weighted by Crippen LogP contribution is 2.68. The third kappa shape index (κ3) is 4.40. The zero-order valence-corrected chi connectivity index (χ0v) is 34.0. The molecule has 0 bridgehead atoms. The number of fused-ring (bicyclic) bond motifs is 23. The van der Waals surface area contributed by atoms with E-state index >= 15 is 0 Å². The number of nitrogens with zero attached hydrogens (tertiary/aromatic N) is 1. The second-order valence-electron chi connectivity index (χ2n) is 16.3. The third-order valence-corrected chi connectivity index (χ3v) is 13.4. The molecule has 0 amide bonds. The average Bonchev–Trinajstić information content (AvgIpc) is 1.48. The molecule has 1 unspecified atom stereocenters. The van der Waals surface area contributed by atoms with Crippen LogP contribution in [0.2, 0.25) is 0 Å². The van der Waals surface area contributed by atoms with Crippen molar-refractivity contribution in [2.75, 3.05) is 4.90 Å². The smallest absolute Gasteiger partial charge is 0.0726 e. The summed E-state index contributed by atoms with van der Waals surface area (Å²) in [5.41, 5.74) is -41.4. The van der Waals surface area contributed by atoms with Crippen molar-refractivity contribution in [3.8, 4) is 55.6 Å². The van der Waals surface area contributed by atoms with Gasteiger partial charge in [0.1, 0.15) is 0 Å². The Balaban J connectivity index is 1.34. The molecule has 5 aliphatic rings. The van der Waals surface area contributed by atoms with E-state index in [0.29, 0.717) is 0 Å². The molecular formula is C67H47N. The number of benzene rings is 10. The lowest BCUT2D eigenvalue weighted by Gasteiger charge is -2.34. The van der Waals surface area contributed by atoms with Gasteiger partial charge in [0, 0.05) is 38.6 Å². The minimum atomic E-state index is -4.32. The number of hydrogen-bond donors (Lipinski definition) is 0. The number of anilines is 3. The Labute approximate surface area is 463 Å². The summed E-state index contributed by atoms with van der Waals surface area (Å²) in [6, 6.07) is -45.7. The Hall–Kier alpha value is -8.00. The van der Waals surface area contributed by atoms with Crippen molar-refractivity contribution in [1.82, 2.24) is 0 Å². The van der Waals surface area contributed by atoms with Gasteiger partial charge in [-0.2, -0.15) is 0 Å². The van der Waals surface area contributed by atoms with Crippen molar-refractivity contribution in [3.05, 3.63) is 278 Å². The molecule has 0 saturated heterocycles. The molecule has 68 heavy (non-hydrogen) atoms. The van der Waals surface area contributed by atoms with Crippen LogP contribution in [0.4, 0.5) is 17.1 Å². The maximum Gasteiger partial charge on any atom is 0.0726 e. The minimum Gasteiger partial charge on any atom is -0.309 e. The molecule has 0 heterocycles. The first-order valence-corrected chi connectivity index (χ1v) is 20.5. The van der Waals surface area contributed by atoms with Crippen LogP contribution in [0.25, 0.3) is 55.6 Å². The molecule has 1 nitrogen and oxygen atoms in total. The van der Waals surface area contributed by atoms with E-state index in [1.54, 1.807) is 0 Å². The van der Waals surface area contributed by atoms with E-state index in [-0.39, 0.29) is 4.90 Å². The fourth-order valence-electron chi connectivity index (χ4n) is 11.0. The summed E-state index contributed by atoms with van der Waals surface area (Å²) >= 11 is 0. The minimum absolute atomic E-state index is 0.180. The van der Waals surface area contributed by atoms with Gasteiger partial charge in [-0.05, 0) is 126 Å². The normalized spacial score (nSPS) is 27.2. The van der Waals surface area contributed by atoms with Gasteiger partial charge < -0.3 is 4.90 Å². The van der Waals surface area contributed by atoms with Crippen LogP contribution in [0.3, 0.4) is 0 Å². The Morgan fingerprint density at radius 3 is 1.24 bits per heavy atom. The highest BCUT2D eigenvalue weighted by atomic mass is 15.2.